The third-order valence-electron chi connectivity index (χ3n) is 8.52. The van der Waals surface area contributed by atoms with E-state index in [1.807, 2.05) is 60.7 Å². The second kappa shape index (κ2) is 13.1. The summed E-state index contributed by atoms with van der Waals surface area (Å²) < 4.78 is 0. The van der Waals surface area contributed by atoms with Gasteiger partial charge in [0.1, 0.15) is 0 Å². The van der Waals surface area contributed by atoms with Crippen LogP contribution in [0.4, 0.5) is 0 Å². The Morgan fingerprint density at radius 1 is 0.229 bits per heavy atom. The van der Waals surface area contributed by atoms with Gasteiger partial charge in [-0.1, -0.05) is 170 Å². The quantitative estimate of drug-likeness (QED) is 0.179. The van der Waals surface area contributed by atoms with Gasteiger partial charge in [-0.2, -0.15) is 0 Å². The van der Waals surface area contributed by atoms with Crippen molar-refractivity contribution < 1.29 is 0 Å². The molecule has 7 aromatic carbocycles. The first kappa shape index (κ1) is 29.0. The van der Waals surface area contributed by atoms with Crippen LogP contribution >= 0.6 is 0 Å². The topological polar surface area (TPSA) is 38.7 Å². The Morgan fingerprint density at radius 2 is 0.562 bits per heavy atom. The molecule has 1 heterocycles. The van der Waals surface area contributed by atoms with E-state index in [-0.39, 0.29) is 0 Å². The van der Waals surface area contributed by atoms with Crippen LogP contribution in [-0.2, 0) is 0 Å². The lowest BCUT2D eigenvalue weighted by molar-refractivity contribution is 1.07. The maximum Gasteiger partial charge on any atom is 0.164 e. The summed E-state index contributed by atoms with van der Waals surface area (Å²) in [5, 5.41) is 0. The van der Waals surface area contributed by atoms with Crippen LogP contribution in [0, 0.1) is 0 Å². The number of aromatic nitrogens is 3. The third-order valence-corrected chi connectivity index (χ3v) is 8.52. The molecule has 48 heavy (non-hydrogen) atoms. The van der Waals surface area contributed by atoms with Gasteiger partial charge in [-0.3, -0.25) is 0 Å². The molecule has 3 nitrogen and oxygen atoms in total. The Morgan fingerprint density at radius 3 is 1.00 bits per heavy atom. The molecule has 0 aliphatic carbocycles. The number of rotatable bonds is 7. The smallest absolute Gasteiger partial charge is 0.164 e. The third kappa shape index (κ3) is 5.93. The molecule has 226 valence electrons. The van der Waals surface area contributed by atoms with Crippen LogP contribution in [0.15, 0.2) is 188 Å². The van der Waals surface area contributed by atoms with E-state index in [2.05, 4.69) is 127 Å². The molecule has 0 spiro atoms. The zero-order chi connectivity index (χ0) is 32.1. The minimum atomic E-state index is 0.636. The highest BCUT2D eigenvalue weighted by Gasteiger charge is 2.18. The SMILES string of the molecule is c1ccc(-c2nc(-c3ccccc3)nc(-c3cccc(-c4cc(-c5ccccc5)c(-c5ccccc5)c(-c5ccccc5)c4)c3)n2)cc1. The lowest BCUT2D eigenvalue weighted by Gasteiger charge is -2.19. The molecular weight excluding hydrogens is 583 g/mol. The van der Waals surface area contributed by atoms with Gasteiger partial charge in [0.2, 0.25) is 0 Å². The van der Waals surface area contributed by atoms with Gasteiger partial charge >= 0.3 is 0 Å². The summed E-state index contributed by atoms with van der Waals surface area (Å²) in [6.07, 6.45) is 0. The monoisotopic (exact) mass is 613 g/mol. The fourth-order valence-electron chi connectivity index (χ4n) is 6.19. The summed E-state index contributed by atoms with van der Waals surface area (Å²) in [4.78, 5) is 14.9. The van der Waals surface area contributed by atoms with Crippen LogP contribution in [0.1, 0.15) is 0 Å². The molecule has 0 radical (unpaired) electrons. The Hall–Kier alpha value is -6.45. The van der Waals surface area contributed by atoms with E-state index in [1.165, 1.54) is 33.4 Å². The molecule has 0 saturated carbocycles. The minimum absolute atomic E-state index is 0.636. The van der Waals surface area contributed by atoms with Crippen molar-refractivity contribution in [2.24, 2.45) is 0 Å². The van der Waals surface area contributed by atoms with Gasteiger partial charge in [0.05, 0.1) is 0 Å². The summed E-state index contributed by atoms with van der Waals surface area (Å²) in [7, 11) is 0. The lowest BCUT2D eigenvalue weighted by atomic mass is 9.84. The molecule has 0 fully saturated rings. The molecule has 8 aromatic rings. The first-order valence-corrected chi connectivity index (χ1v) is 16.1. The van der Waals surface area contributed by atoms with Gasteiger partial charge in [-0.25, -0.2) is 15.0 Å². The molecule has 1 aromatic heterocycles. The average Bonchev–Trinajstić information content (AvgIpc) is 3.19. The highest BCUT2D eigenvalue weighted by molar-refractivity contribution is 5.97. The molecular formula is C45H31N3. The molecule has 0 unspecified atom stereocenters. The van der Waals surface area contributed by atoms with Crippen molar-refractivity contribution in [3.63, 3.8) is 0 Å². The largest absolute Gasteiger partial charge is 0.208 e. The molecule has 3 heteroatoms. The van der Waals surface area contributed by atoms with Crippen molar-refractivity contribution in [1.82, 2.24) is 15.0 Å². The van der Waals surface area contributed by atoms with Crippen LogP contribution in [0.25, 0.3) is 78.7 Å². The fourth-order valence-corrected chi connectivity index (χ4v) is 6.19. The van der Waals surface area contributed by atoms with Crippen LogP contribution in [-0.4, -0.2) is 15.0 Å². The Bertz CT molecular complexity index is 2180. The normalized spacial score (nSPS) is 10.9. The van der Waals surface area contributed by atoms with Crippen LogP contribution in [0.5, 0.6) is 0 Å². The summed E-state index contributed by atoms with van der Waals surface area (Å²) >= 11 is 0. The van der Waals surface area contributed by atoms with Crippen molar-refractivity contribution in [2.45, 2.75) is 0 Å². The summed E-state index contributed by atoms with van der Waals surface area (Å²) in [6, 6.07) is 65.4. The Labute approximate surface area is 280 Å². The maximum absolute atomic E-state index is 5.00. The van der Waals surface area contributed by atoms with Gasteiger partial charge in [-0.05, 0) is 62.7 Å². The first-order valence-electron chi connectivity index (χ1n) is 16.1. The fraction of sp³-hybridized carbons (Fsp3) is 0. The van der Waals surface area contributed by atoms with Gasteiger partial charge in [0.25, 0.3) is 0 Å². The van der Waals surface area contributed by atoms with E-state index < -0.39 is 0 Å². The number of hydrogen-bond donors (Lipinski definition) is 0. The highest BCUT2D eigenvalue weighted by Crippen LogP contribution is 2.43. The average molecular weight is 614 g/mol. The summed E-state index contributed by atoms with van der Waals surface area (Å²) in [5.74, 6) is 1.93. The molecule has 0 saturated heterocycles. The van der Waals surface area contributed by atoms with Gasteiger partial charge in [0.15, 0.2) is 17.5 Å². The molecule has 0 amide bonds. The summed E-state index contributed by atoms with van der Waals surface area (Å²) in [6.45, 7) is 0. The second-order valence-electron chi connectivity index (χ2n) is 11.7. The van der Waals surface area contributed by atoms with Crippen molar-refractivity contribution in [1.29, 1.82) is 0 Å². The predicted molar refractivity (Wildman–Crippen MR) is 198 cm³/mol. The van der Waals surface area contributed by atoms with E-state index >= 15 is 0 Å². The van der Waals surface area contributed by atoms with Crippen LogP contribution in [0.3, 0.4) is 0 Å². The lowest BCUT2D eigenvalue weighted by Crippen LogP contribution is -2.00. The van der Waals surface area contributed by atoms with Gasteiger partial charge in [-0.15, -0.1) is 0 Å². The highest BCUT2D eigenvalue weighted by atomic mass is 15.0. The van der Waals surface area contributed by atoms with E-state index in [4.69, 9.17) is 15.0 Å². The van der Waals surface area contributed by atoms with Crippen LogP contribution in [0.2, 0.25) is 0 Å². The number of nitrogens with zero attached hydrogens (tertiary/aromatic N) is 3. The van der Waals surface area contributed by atoms with Crippen molar-refractivity contribution in [2.75, 3.05) is 0 Å². The summed E-state index contributed by atoms with van der Waals surface area (Å²) in [5.41, 5.74) is 12.1. The molecule has 0 bridgehead atoms. The second-order valence-corrected chi connectivity index (χ2v) is 11.7. The first-order chi connectivity index (χ1) is 23.8. The van der Waals surface area contributed by atoms with Crippen molar-refractivity contribution in [3.05, 3.63) is 188 Å². The Balaban J connectivity index is 1.33. The maximum atomic E-state index is 5.00. The van der Waals surface area contributed by atoms with Gasteiger partial charge in [0, 0.05) is 16.7 Å². The predicted octanol–water partition coefficient (Wildman–Crippen LogP) is 11.5. The Kier molecular flexibility index (Phi) is 7.92. The van der Waals surface area contributed by atoms with Crippen molar-refractivity contribution >= 4 is 0 Å². The molecule has 0 atom stereocenters. The van der Waals surface area contributed by atoms with E-state index in [1.54, 1.807) is 0 Å². The molecule has 0 aliphatic heterocycles. The zero-order valence-electron chi connectivity index (χ0n) is 26.2. The number of hydrogen-bond acceptors (Lipinski definition) is 3. The zero-order valence-corrected chi connectivity index (χ0v) is 26.2. The van der Waals surface area contributed by atoms with Crippen LogP contribution < -0.4 is 0 Å². The van der Waals surface area contributed by atoms with Gasteiger partial charge < -0.3 is 0 Å². The van der Waals surface area contributed by atoms with E-state index in [0.717, 1.165) is 27.8 Å². The molecule has 8 rings (SSSR count). The minimum Gasteiger partial charge on any atom is -0.208 e. The number of benzene rings is 7. The van der Waals surface area contributed by atoms with E-state index in [0.29, 0.717) is 17.5 Å². The molecule has 0 aliphatic rings. The standard InChI is InChI=1S/C45H31N3/c1-6-17-32(18-7-1)40-30-39(31-41(33-19-8-2-9-20-33)42(40)34-21-10-3-11-22-34)37-27-16-28-38(29-37)45-47-43(35-23-12-4-13-24-35)46-44(48-45)36-25-14-5-15-26-36/h1-31H. The van der Waals surface area contributed by atoms with E-state index in [9.17, 15) is 0 Å². The molecule has 0 N–H and O–H groups in total. The van der Waals surface area contributed by atoms with Crippen molar-refractivity contribution in [3.8, 4) is 78.7 Å².